The van der Waals surface area contributed by atoms with Gasteiger partial charge in [0.1, 0.15) is 35.9 Å². The molecule has 82 heavy (non-hydrogen) atoms. The average Bonchev–Trinajstić information content (AvgIpc) is 3.57. The summed E-state index contributed by atoms with van der Waals surface area (Å²) in [6, 6.07) is -17.3. The van der Waals surface area contributed by atoms with E-state index in [-0.39, 0.29) is 25.5 Å². The number of methoxy groups -OCH3 is 1. The highest BCUT2D eigenvalue weighted by molar-refractivity contribution is 6.13. The van der Waals surface area contributed by atoms with Gasteiger partial charge in [0, 0.05) is 25.8 Å². The van der Waals surface area contributed by atoms with Crippen LogP contribution in [0.3, 0.4) is 0 Å². The van der Waals surface area contributed by atoms with Gasteiger partial charge in [0.25, 0.3) is 23.6 Å². The number of nitrogens with zero attached hydrogens (tertiary/aromatic N) is 1. The first-order valence-corrected chi connectivity index (χ1v) is 26.1. The predicted molar refractivity (Wildman–Crippen MR) is 292 cm³/mol. The van der Waals surface area contributed by atoms with E-state index in [0.29, 0.717) is 11.2 Å². The number of hydrogen-bond donors (Lipinski definition) is 11. The summed E-state index contributed by atoms with van der Waals surface area (Å²) in [5.74, 6) is -15.3. The zero-order valence-corrected chi connectivity index (χ0v) is 48.6. The Bertz CT molecular complexity index is 2350. The van der Waals surface area contributed by atoms with Crippen molar-refractivity contribution in [2.24, 2.45) is 17.2 Å². The first-order chi connectivity index (χ1) is 37.9. The van der Waals surface area contributed by atoms with Gasteiger partial charge in [-0.1, -0.05) is 12.2 Å². The van der Waals surface area contributed by atoms with Crippen LogP contribution in [0.2, 0.25) is 0 Å². The van der Waals surface area contributed by atoms with E-state index in [0.717, 1.165) is 27.0 Å². The quantitative estimate of drug-likeness (QED) is 0.00700. The van der Waals surface area contributed by atoms with Gasteiger partial charge >= 0.3 is 17.9 Å². The molecule has 0 fully saturated rings. The molecule has 30 heteroatoms. The summed E-state index contributed by atoms with van der Waals surface area (Å²) in [4.78, 5) is 202. The molecular formula is C52H84N12O18. The molecule has 0 unspecified atom stereocenters. The molecular weight excluding hydrogens is 1080 g/mol. The highest BCUT2D eigenvalue weighted by Gasteiger charge is 2.43. The summed E-state index contributed by atoms with van der Waals surface area (Å²) in [5, 5.41) is 18.3. The molecule has 0 aliphatic heterocycles. The maximum Gasteiger partial charge on any atom is 0.336 e. The lowest BCUT2D eigenvalue weighted by molar-refractivity contribution is -0.156. The topological polar surface area (TPSA) is 461 Å². The van der Waals surface area contributed by atoms with Gasteiger partial charge in [0.05, 0.1) is 37.3 Å². The molecule has 0 saturated heterocycles. The van der Waals surface area contributed by atoms with Crippen LogP contribution < -0.4 is 59.7 Å². The Morgan fingerprint density at radius 3 is 1.38 bits per heavy atom. The van der Waals surface area contributed by atoms with Gasteiger partial charge in [-0.15, -0.1) is 13.2 Å². The highest BCUT2D eigenvalue weighted by Crippen LogP contribution is 2.14. The van der Waals surface area contributed by atoms with E-state index < -0.39 is 186 Å². The number of nitrogens with one attached hydrogen (secondary N) is 8. The molecule has 7 amide bonds. The van der Waals surface area contributed by atoms with Gasteiger partial charge < -0.3 is 77.8 Å². The standard InChI is InChI=1S/C52H84N12O18/c1-15-17-18-33(67)58-31(19-21-34(68)81-51(8,9)10)45(74)63-43(57-27(4)25-66)49(78)64(23-16-2)38(41(72)30(7)55)47(76)62-42(56-26(3)24-65)48(77)60-36(39(70)28(5)53)46(75)59-32(20-22-35(69)82-52(11,12)13)44(73)61-37(50(79)80-14)40(71)29(6)54/h15-16,24-32,36-38,42-43,56-57H,1-2,17-23,53-55H2,3-14H3,(H,58,67)(H,59,75)(H,60,77)(H,61,73)(H,62,76)(H,63,74)/t26-,27-,28-,29-,30-,31-,32-,36-,37-,38-,42+,43+/m0/s1. The lowest BCUT2D eigenvalue weighted by Crippen LogP contribution is -2.68. The van der Waals surface area contributed by atoms with Crippen molar-refractivity contribution in [2.75, 3.05) is 13.7 Å². The van der Waals surface area contributed by atoms with Crippen LogP contribution in [0.5, 0.6) is 0 Å². The fourth-order valence-corrected chi connectivity index (χ4v) is 6.95. The van der Waals surface area contributed by atoms with E-state index in [4.69, 9.17) is 26.7 Å². The SMILES string of the molecule is C=CCCC(=O)N[C@@H](CCC(=O)OC(C)(C)C)C(=O)N[C@@H](N[C@@H](C)C=O)C(=O)N(CC=C)[C@H](C(=O)N[C@@H](N[C@@H](C)C=O)C(=O)N[C@H](C(=O)N[C@@H](CCC(=O)OC(C)(C)C)C(=O)N[C@H](C(=O)OC)C(=O)[C@H](C)N)C(=O)[C@H](C)N)C(=O)[C@H](C)N. The molecule has 0 spiro atoms. The van der Waals surface area contributed by atoms with Crippen LogP contribution >= 0.6 is 0 Å². The van der Waals surface area contributed by atoms with Crippen LogP contribution in [0, 0.1) is 0 Å². The number of esters is 3. The minimum Gasteiger partial charge on any atom is -0.467 e. The van der Waals surface area contributed by atoms with Crippen LogP contribution in [0.15, 0.2) is 25.3 Å². The molecule has 0 aromatic rings. The van der Waals surface area contributed by atoms with E-state index in [1.54, 1.807) is 41.5 Å². The number of allylic oxidation sites excluding steroid dienone is 1. The lowest BCUT2D eigenvalue weighted by Gasteiger charge is -2.35. The number of Topliss-reactive ketones (excluding diaryl/α,β-unsaturated/α-hetero) is 3. The third kappa shape index (κ3) is 26.7. The van der Waals surface area contributed by atoms with Gasteiger partial charge in [0.2, 0.25) is 17.7 Å². The number of aldehydes is 2. The van der Waals surface area contributed by atoms with Crippen molar-refractivity contribution in [1.82, 2.24) is 47.4 Å². The molecule has 14 N–H and O–H groups in total. The number of ketones is 3. The summed E-state index contributed by atoms with van der Waals surface area (Å²) in [5.41, 5.74) is 15.6. The van der Waals surface area contributed by atoms with Crippen molar-refractivity contribution in [3.05, 3.63) is 25.3 Å². The lowest BCUT2D eigenvalue weighted by atomic mass is 10.0. The van der Waals surface area contributed by atoms with Crippen molar-refractivity contribution < 1.29 is 86.1 Å². The monoisotopic (exact) mass is 1160 g/mol. The Morgan fingerprint density at radius 1 is 0.524 bits per heavy atom. The molecule has 0 bridgehead atoms. The van der Waals surface area contributed by atoms with E-state index >= 15 is 0 Å². The average molecular weight is 1170 g/mol. The Hall–Kier alpha value is -7.67. The van der Waals surface area contributed by atoms with Gasteiger partial charge in [-0.25, -0.2) is 4.79 Å². The molecule has 12 atom stereocenters. The Morgan fingerprint density at radius 2 is 0.951 bits per heavy atom. The van der Waals surface area contributed by atoms with Crippen LogP contribution in [0.4, 0.5) is 0 Å². The highest BCUT2D eigenvalue weighted by atomic mass is 16.6. The summed E-state index contributed by atoms with van der Waals surface area (Å²) in [7, 11) is 0.902. The minimum absolute atomic E-state index is 0.141. The number of amides is 7. The zero-order chi connectivity index (χ0) is 63.6. The number of nitrogens with two attached hydrogens (primary N) is 3. The fraction of sp³-hybridized carbons (Fsp3) is 0.635. The number of carbonyl (C=O) groups excluding carboxylic acids is 15. The maximum absolute atomic E-state index is 14.8. The summed E-state index contributed by atoms with van der Waals surface area (Å²) in [6.07, 6.45) is -3.16. The third-order valence-electron chi connectivity index (χ3n) is 11.0. The number of carbonyl (C=O) groups is 15. The summed E-state index contributed by atoms with van der Waals surface area (Å²) in [6.45, 7) is 21.8. The molecule has 0 heterocycles. The number of hydrogen-bond acceptors (Lipinski definition) is 23. The molecule has 0 aliphatic carbocycles. The van der Waals surface area contributed by atoms with Crippen molar-refractivity contribution in [2.45, 2.75) is 199 Å². The van der Waals surface area contributed by atoms with Crippen LogP contribution in [0.25, 0.3) is 0 Å². The maximum atomic E-state index is 14.8. The second-order valence-corrected chi connectivity index (χ2v) is 21.0. The van der Waals surface area contributed by atoms with E-state index in [1.807, 2.05) is 0 Å². The zero-order valence-electron chi connectivity index (χ0n) is 48.6. The molecule has 30 nitrogen and oxygen atoms in total. The van der Waals surface area contributed by atoms with Crippen molar-refractivity contribution in [1.29, 1.82) is 0 Å². The Labute approximate surface area is 476 Å². The first kappa shape index (κ1) is 74.3. The van der Waals surface area contributed by atoms with Gasteiger partial charge in [-0.3, -0.25) is 68.2 Å². The van der Waals surface area contributed by atoms with E-state index in [1.165, 1.54) is 26.8 Å². The predicted octanol–water partition coefficient (Wildman–Crippen LogP) is -4.32. The van der Waals surface area contributed by atoms with Crippen molar-refractivity contribution >= 4 is 89.2 Å². The largest absolute Gasteiger partial charge is 0.467 e. The van der Waals surface area contributed by atoms with Gasteiger partial charge in [-0.2, -0.15) is 0 Å². The second kappa shape index (κ2) is 35.2. The third-order valence-corrected chi connectivity index (χ3v) is 11.0. The number of ether oxygens (including phenoxy) is 3. The first-order valence-electron chi connectivity index (χ1n) is 26.1. The van der Waals surface area contributed by atoms with E-state index in [2.05, 4.69) is 60.4 Å². The van der Waals surface area contributed by atoms with Crippen LogP contribution in [-0.2, 0) is 86.1 Å². The fourth-order valence-electron chi connectivity index (χ4n) is 6.95. The van der Waals surface area contributed by atoms with Gasteiger partial charge in [-0.05, 0) is 95.4 Å². The van der Waals surface area contributed by atoms with Crippen LogP contribution in [-0.4, -0.2) is 192 Å². The second-order valence-electron chi connectivity index (χ2n) is 21.0. The molecule has 0 rings (SSSR count). The molecule has 0 radical (unpaired) electrons. The molecule has 0 saturated carbocycles. The normalized spacial score (nSPS) is 15.7. The Kier molecular flexibility index (Phi) is 31.9. The van der Waals surface area contributed by atoms with Crippen LogP contribution in [0.1, 0.15) is 115 Å². The van der Waals surface area contributed by atoms with E-state index in [9.17, 15) is 71.9 Å². The summed E-state index contributed by atoms with van der Waals surface area (Å²) < 4.78 is 15.3. The van der Waals surface area contributed by atoms with Crippen molar-refractivity contribution in [3.63, 3.8) is 0 Å². The molecule has 0 aliphatic rings. The summed E-state index contributed by atoms with van der Waals surface area (Å²) >= 11 is 0. The Balaban J connectivity index is 7.65. The number of rotatable bonds is 37. The minimum atomic E-state index is -2.39. The molecule has 0 aromatic heterocycles. The molecule has 460 valence electrons. The van der Waals surface area contributed by atoms with Crippen molar-refractivity contribution in [3.8, 4) is 0 Å². The smallest absolute Gasteiger partial charge is 0.336 e. The molecule has 0 aromatic carbocycles. The van der Waals surface area contributed by atoms with Gasteiger partial charge in [0.15, 0.2) is 47.8 Å².